The number of nitrogens with one attached hydrogen (secondary N) is 2. The van der Waals surface area contributed by atoms with Gasteiger partial charge in [0, 0.05) is 39.1 Å². The highest BCUT2D eigenvalue weighted by molar-refractivity contribution is 6.02. The fraction of sp³-hybridized carbons (Fsp3) is 0.404. The van der Waals surface area contributed by atoms with Crippen molar-refractivity contribution in [3.05, 3.63) is 184 Å². The van der Waals surface area contributed by atoms with Gasteiger partial charge < -0.3 is 38.9 Å². The van der Waals surface area contributed by atoms with Crippen LogP contribution in [0.3, 0.4) is 0 Å². The molecule has 0 aliphatic carbocycles. The van der Waals surface area contributed by atoms with Crippen molar-refractivity contribution in [1.29, 1.82) is 0 Å². The topological polar surface area (TPSA) is 135 Å². The van der Waals surface area contributed by atoms with Crippen molar-refractivity contribution in [2.24, 2.45) is 0 Å². The molecular formula is C89H107N5O6. The van der Waals surface area contributed by atoms with E-state index in [0.717, 1.165) is 201 Å². The van der Waals surface area contributed by atoms with Crippen molar-refractivity contribution in [3.8, 4) is 57.1 Å². The van der Waals surface area contributed by atoms with E-state index in [1.54, 1.807) is 24.3 Å². The number of carboxylic acid groups (broad SMARTS) is 1. The van der Waals surface area contributed by atoms with Crippen LogP contribution in [-0.2, 0) is 12.8 Å². The summed E-state index contributed by atoms with van der Waals surface area (Å²) in [7, 11) is 0. The minimum absolute atomic E-state index is 0.188. The van der Waals surface area contributed by atoms with Crippen LogP contribution >= 0.6 is 0 Å². The Hall–Kier alpha value is -9.27. The van der Waals surface area contributed by atoms with Crippen molar-refractivity contribution in [2.45, 2.75) is 208 Å². The largest absolute Gasteiger partial charge is 0.493 e. The molecule has 3 N–H and O–H groups in total. The third kappa shape index (κ3) is 19.8. The van der Waals surface area contributed by atoms with Crippen LogP contribution in [0.4, 0.5) is 17.1 Å². The van der Waals surface area contributed by atoms with Crippen molar-refractivity contribution >= 4 is 69.4 Å². The Kier molecular flexibility index (Phi) is 28.6. The average molecular weight is 1340 g/mol. The first kappa shape index (κ1) is 73.4. The lowest BCUT2D eigenvalue weighted by Gasteiger charge is -2.27. The number of fused-ring (bicyclic) bond motifs is 8. The number of carboxylic acids is 1. The standard InChI is InChI=1S/C89H107N5O6/c1-7-13-19-25-33-65-41-48-69(49-42-65)94(70-50-43-66(44-51-70)34-26-20-14-8-2)88-78-59-57-76(92-78)84(86-80(97-61-27-21-15-9-3)35-31-36-81(86)98-62-28-22-16-10-4)74-55-53-72(90-74)71(52-45-67-39-46-68(47-40-67)89(95)96)73-54-56-75(91-73)85(77-58-60-79(88)93-77)87-82(99-63-29-23-17-11-5)37-32-38-83(87)100-64-30-24-18-12-6/h31-32,35-44,46-51,53-60,90,93H,7-30,33-34,61-64H2,1-6H3,(H,95,96). The van der Waals surface area contributed by atoms with Crippen LogP contribution in [0.25, 0.3) is 68.6 Å². The second kappa shape index (κ2) is 38.9. The van der Waals surface area contributed by atoms with Crippen LogP contribution in [0.5, 0.6) is 23.0 Å². The number of aromatic amines is 2. The number of aromatic carboxylic acids is 1. The zero-order valence-corrected chi connectivity index (χ0v) is 60.6. The molecule has 2 aliphatic rings. The highest BCUT2D eigenvalue weighted by Gasteiger charge is 2.27. The Bertz CT molecular complexity index is 4030. The third-order valence-electron chi connectivity index (χ3n) is 18.9. The van der Waals surface area contributed by atoms with Gasteiger partial charge in [-0.1, -0.05) is 205 Å². The second-order valence-corrected chi connectivity index (χ2v) is 26.8. The summed E-state index contributed by atoms with van der Waals surface area (Å²) in [6.45, 7) is 15.6. The maximum Gasteiger partial charge on any atom is 0.335 e. The molecule has 0 saturated heterocycles. The molecule has 524 valence electrons. The lowest BCUT2D eigenvalue weighted by molar-refractivity contribution is 0.0696. The normalized spacial score (nSPS) is 11.6. The monoisotopic (exact) mass is 1340 g/mol. The number of ether oxygens (including phenoxy) is 4. The SMILES string of the molecule is CCCCCCOc1cccc(OCCCCCC)c1-c1c2nc(c(N(c3ccc(CCCCCC)cc3)c3ccc(CCCCCC)cc3)c3ccc([nH]3)c(-c3c(OCCCCCC)cccc3OCCCCCC)c3nc(c(C#Cc4ccc(C(=O)O)cc4)c4ccc1[nH]4)C=C3)C=C2. The molecule has 11 heteroatoms. The molecule has 3 aromatic heterocycles. The zero-order valence-electron chi connectivity index (χ0n) is 60.6. The number of hydrogen-bond donors (Lipinski definition) is 3. The fourth-order valence-electron chi connectivity index (χ4n) is 13.3. The third-order valence-corrected chi connectivity index (χ3v) is 18.9. The Morgan fingerprint density at radius 3 is 1.17 bits per heavy atom. The molecule has 5 aromatic carbocycles. The Morgan fingerprint density at radius 2 is 0.750 bits per heavy atom. The maximum absolute atomic E-state index is 12.1. The van der Waals surface area contributed by atoms with E-state index in [1.165, 1.54) is 49.7 Å². The van der Waals surface area contributed by atoms with Gasteiger partial charge in [0.1, 0.15) is 23.0 Å². The van der Waals surface area contributed by atoms with Gasteiger partial charge >= 0.3 is 5.97 Å². The number of aryl methyl sites for hydroxylation is 2. The summed E-state index contributed by atoms with van der Waals surface area (Å²) in [6.07, 6.45) is 37.0. The van der Waals surface area contributed by atoms with Crippen LogP contribution in [0.1, 0.15) is 251 Å². The Labute approximate surface area is 595 Å². The minimum atomic E-state index is -0.997. The van der Waals surface area contributed by atoms with Crippen LogP contribution in [0.15, 0.2) is 133 Å². The molecule has 0 unspecified atom stereocenters. The first-order valence-electron chi connectivity index (χ1n) is 38.0. The van der Waals surface area contributed by atoms with Crippen LogP contribution in [0, 0.1) is 11.8 Å². The number of carbonyl (C=O) groups is 1. The summed E-state index contributed by atoms with van der Waals surface area (Å²) in [4.78, 5) is 34.1. The van der Waals surface area contributed by atoms with E-state index in [4.69, 9.17) is 28.9 Å². The van der Waals surface area contributed by atoms with Gasteiger partial charge in [0.05, 0.1) is 88.2 Å². The molecule has 0 spiro atoms. The number of nitrogens with zero attached hydrogens (tertiary/aromatic N) is 3. The number of aromatic nitrogens is 4. The minimum Gasteiger partial charge on any atom is -0.493 e. The zero-order chi connectivity index (χ0) is 69.7. The van der Waals surface area contributed by atoms with E-state index in [2.05, 4.69) is 190 Å². The van der Waals surface area contributed by atoms with Gasteiger partial charge in [-0.15, -0.1) is 0 Å². The lowest BCUT2D eigenvalue weighted by Crippen LogP contribution is -2.12. The van der Waals surface area contributed by atoms with Crippen molar-refractivity contribution in [2.75, 3.05) is 31.3 Å². The Balaban J connectivity index is 1.33. The molecule has 8 bridgehead atoms. The van der Waals surface area contributed by atoms with Gasteiger partial charge in [0.2, 0.25) is 0 Å². The summed E-state index contributed by atoms with van der Waals surface area (Å²) in [5, 5.41) is 9.89. The van der Waals surface area contributed by atoms with Crippen LogP contribution < -0.4 is 23.8 Å². The van der Waals surface area contributed by atoms with Gasteiger partial charge in [0.15, 0.2) is 0 Å². The number of H-pyrrole nitrogens is 2. The number of unbranched alkanes of at least 4 members (excludes halogenated alkanes) is 18. The highest BCUT2D eigenvalue weighted by atomic mass is 16.5. The van der Waals surface area contributed by atoms with Crippen molar-refractivity contribution in [1.82, 2.24) is 19.9 Å². The highest BCUT2D eigenvalue weighted by Crippen LogP contribution is 2.48. The summed E-state index contributed by atoms with van der Waals surface area (Å²) in [5.74, 6) is 8.85. The molecule has 11 nitrogen and oxygen atoms in total. The predicted molar refractivity (Wildman–Crippen MR) is 418 cm³/mol. The van der Waals surface area contributed by atoms with E-state index in [9.17, 15) is 9.90 Å². The maximum atomic E-state index is 12.1. The Morgan fingerprint density at radius 1 is 0.380 bits per heavy atom. The molecule has 0 saturated carbocycles. The van der Waals surface area contributed by atoms with Crippen molar-refractivity contribution in [3.63, 3.8) is 0 Å². The fourth-order valence-corrected chi connectivity index (χ4v) is 13.3. The predicted octanol–water partition coefficient (Wildman–Crippen LogP) is 24.6. The molecular weight excluding hydrogens is 1240 g/mol. The summed E-state index contributed by atoms with van der Waals surface area (Å²) in [5.41, 5.74) is 16.2. The van der Waals surface area contributed by atoms with Gasteiger partial charge in [-0.2, -0.15) is 0 Å². The number of anilines is 3. The van der Waals surface area contributed by atoms with Gasteiger partial charge in [-0.25, -0.2) is 14.8 Å². The van der Waals surface area contributed by atoms with Crippen LogP contribution in [0.2, 0.25) is 0 Å². The van der Waals surface area contributed by atoms with E-state index >= 15 is 0 Å². The van der Waals surface area contributed by atoms with E-state index in [0.29, 0.717) is 71.9 Å². The average Bonchev–Trinajstić information content (AvgIpc) is 1.55. The van der Waals surface area contributed by atoms with E-state index in [1.807, 2.05) is 12.1 Å². The van der Waals surface area contributed by atoms with Gasteiger partial charge in [-0.3, -0.25) is 0 Å². The van der Waals surface area contributed by atoms with E-state index < -0.39 is 5.97 Å². The number of rotatable bonds is 40. The molecule has 8 aromatic rings. The second-order valence-electron chi connectivity index (χ2n) is 26.8. The smallest absolute Gasteiger partial charge is 0.335 e. The molecule has 5 heterocycles. The van der Waals surface area contributed by atoms with Gasteiger partial charge in [-0.05, 0) is 184 Å². The van der Waals surface area contributed by atoms with Gasteiger partial charge in [0.25, 0.3) is 0 Å². The summed E-state index contributed by atoms with van der Waals surface area (Å²) >= 11 is 0. The quantitative estimate of drug-likeness (QED) is 0.0253. The first-order chi connectivity index (χ1) is 49.2. The molecule has 0 atom stereocenters. The van der Waals surface area contributed by atoms with E-state index in [-0.39, 0.29) is 5.56 Å². The molecule has 0 amide bonds. The summed E-state index contributed by atoms with van der Waals surface area (Å²) in [6, 6.07) is 46.0. The molecule has 0 radical (unpaired) electrons. The van der Waals surface area contributed by atoms with Crippen molar-refractivity contribution < 1.29 is 28.8 Å². The number of hydrogen-bond acceptors (Lipinski definition) is 8. The molecule has 10 rings (SSSR count). The molecule has 0 fully saturated rings. The van der Waals surface area contributed by atoms with Crippen LogP contribution in [-0.4, -0.2) is 57.4 Å². The first-order valence-corrected chi connectivity index (χ1v) is 38.0. The molecule has 2 aliphatic heterocycles. The molecule has 100 heavy (non-hydrogen) atoms. The lowest BCUT2D eigenvalue weighted by atomic mass is 10.0. The summed E-state index contributed by atoms with van der Waals surface area (Å²) < 4.78 is 27.9. The number of benzene rings is 5.